The number of aromatic nitrogens is 5. The Morgan fingerprint density at radius 3 is 2.87 bits per heavy atom. The number of imidazole rings is 1. The van der Waals surface area contributed by atoms with E-state index in [0.29, 0.717) is 5.92 Å². The van der Waals surface area contributed by atoms with Gasteiger partial charge >= 0.3 is 0 Å². The summed E-state index contributed by atoms with van der Waals surface area (Å²) in [6.07, 6.45) is 7.76. The third-order valence-corrected chi connectivity index (χ3v) is 4.80. The van der Waals surface area contributed by atoms with Crippen LogP contribution in [0.5, 0.6) is 0 Å². The van der Waals surface area contributed by atoms with Crippen LogP contribution in [0.15, 0.2) is 53.9 Å². The topological polar surface area (TPSA) is 47.5 Å². The third-order valence-electron chi connectivity index (χ3n) is 3.81. The highest BCUT2D eigenvalue weighted by molar-refractivity contribution is 7.98. The van der Waals surface area contributed by atoms with Crippen molar-refractivity contribution in [2.45, 2.75) is 30.4 Å². The predicted octanol–water partition coefficient (Wildman–Crippen LogP) is 3.79. The molecule has 0 spiro atoms. The Hall–Kier alpha value is -2.34. The van der Waals surface area contributed by atoms with E-state index < -0.39 is 0 Å². The zero-order chi connectivity index (χ0) is 15.8. The van der Waals surface area contributed by atoms with Gasteiger partial charge in [0.15, 0.2) is 11.5 Å². The minimum absolute atomic E-state index is 0.496. The van der Waals surface area contributed by atoms with Gasteiger partial charge in [0.2, 0.25) is 0 Å². The Balaban J connectivity index is 1.55. The molecule has 5 nitrogen and oxygen atoms in total. The summed E-state index contributed by atoms with van der Waals surface area (Å²) in [5.41, 5.74) is 3.16. The molecule has 116 valence electrons. The summed E-state index contributed by atoms with van der Waals surface area (Å²) in [4.78, 5) is 10.1. The maximum atomic E-state index is 4.63. The van der Waals surface area contributed by atoms with E-state index in [1.165, 1.54) is 10.5 Å². The lowest BCUT2D eigenvalue weighted by Crippen LogP contribution is -1.92. The fourth-order valence-electron chi connectivity index (χ4n) is 2.49. The molecular formula is C17H17N5S. The summed E-state index contributed by atoms with van der Waals surface area (Å²) in [5.74, 6) is 2.09. The lowest BCUT2D eigenvalue weighted by molar-refractivity contribution is 0.852. The van der Waals surface area contributed by atoms with Crippen LogP contribution < -0.4 is 0 Å². The summed E-state index contributed by atoms with van der Waals surface area (Å²) in [7, 11) is 0. The molecule has 6 heteroatoms. The Labute approximate surface area is 138 Å². The summed E-state index contributed by atoms with van der Waals surface area (Å²) < 4.78 is 3.85. The maximum absolute atomic E-state index is 4.63. The SMILES string of the molecule is CC(C)c1ccn2nc(CSc3ccn4ccnc4c3)nc2c1. The van der Waals surface area contributed by atoms with Crippen LogP contribution in [0, 0.1) is 0 Å². The van der Waals surface area contributed by atoms with Crippen molar-refractivity contribution in [3.63, 3.8) is 0 Å². The van der Waals surface area contributed by atoms with Crippen LogP contribution in [-0.4, -0.2) is 24.0 Å². The van der Waals surface area contributed by atoms with Crippen molar-refractivity contribution in [1.82, 2.24) is 24.0 Å². The van der Waals surface area contributed by atoms with Gasteiger partial charge in [-0.25, -0.2) is 14.5 Å². The first-order valence-corrected chi connectivity index (χ1v) is 8.58. The van der Waals surface area contributed by atoms with Gasteiger partial charge in [-0.15, -0.1) is 11.8 Å². The first-order valence-electron chi connectivity index (χ1n) is 7.60. The minimum atomic E-state index is 0.496. The molecule has 0 unspecified atom stereocenters. The zero-order valence-electron chi connectivity index (χ0n) is 13.0. The molecule has 0 saturated carbocycles. The van der Waals surface area contributed by atoms with Crippen molar-refractivity contribution in [1.29, 1.82) is 0 Å². The standard InChI is InChI=1S/C17H17N5S/c1-12(2)13-3-7-22-17(9-13)19-15(20-22)11-23-14-4-6-21-8-5-18-16(21)10-14/h3-10,12H,11H2,1-2H3. The molecule has 0 aliphatic carbocycles. The second-order valence-electron chi connectivity index (χ2n) is 5.79. The second-order valence-corrected chi connectivity index (χ2v) is 6.84. The Morgan fingerprint density at radius 1 is 1.09 bits per heavy atom. The van der Waals surface area contributed by atoms with Gasteiger partial charge in [-0.1, -0.05) is 13.8 Å². The quantitative estimate of drug-likeness (QED) is 0.536. The highest BCUT2D eigenvalue weighted by atomic mass is 32.2. The number of hydrogen-bond acceptors (Lipinski definition) is 4. The van der Waals surface area contributed by atoms with E-state index in [2.05, 4.69) is 53.2 Å². The summed E-state index contributed by atoms with van der Waals surface area (Å²) in [6.45, 7) is 4.37. The second kappa shape index (κ2) is 5.70. The molecule has 0 bridgehead atoms. The number of thioether (sulfide) groups is 1. The zero-order valence-corrected chi connectivity index (χ0v) is 13.9. The lowest BCUT2D eigenvalue weighted by atomic mass is 10.1. The molecule has 0 aromatic carbocycles. The monoisotopic (exact) mass is 323 g/mol. The highest BCUT2D eigenvalue weighted by Gasteiger charge is 2.07. The van der Waals surface area contributed by atoms with Gasteiger partial charge in [-0.3, -0.25) is 0 Å². The van der Waals surface area contributed by atoms with Crippen molar-refractivity contribution >= 4 is 23.1 Å². The van der Waals surface area contributed by atoms with Crippen LogP contribution in [-0.2, 0) is 5.75 Å². The van der Waals surface area contributed by atoms with Crippen LogP contribution in [0.2, 0.25) is 0 Å². The van der Waals surface area contributed by atoms with Crippen molar-refractivity contribution < 1.29 is 0 Å². The van der Waals surface area contributed by atoms with Crippen LogP contribution in [0.25, 0.3) is 11.3 Å². The molecule has 0 N–H and O–H groups in total. The number of rotatable bonds is 4. The molecule has 0 atom stereocenters. The van der Waals surface area contributed by atoms with Gasteiger partial charge in [0.1, 0.15) is 5.65 Å². The third kappa shape index (κ3) is 2.82. The molecule has 4 aromatic heterocycles. The molecule has 0 fully saturated rings. The predicted molar refractivity (Wildman–Crippen MR) is 91.8 cm³/mol. The minimum Gasteiger partial charge on any atom is -0.307 e. The van der Waals surface area contributed by atoms with Crippen LogP contribution >= 0.6 is 11.8 Å². The summed E-state index contributed by atoms with van der Waals surface area (Å²) in [6, 6.07) is 8.39. The van der Waals surface area contributed by atoms with Gasteiger partial charge in [0.05, 0.1) is 5.75 Å². The molecule has 4 heterocycles. The average molecular weight is 323 g/mol. The summed E-state index contributed by atoms with van der Waals surface area (Å²) >= 11 is 1.73. The Morgan fingerprint density at radius 2 is 2.00 bits per heavy atom. The Kier molecular flexibility index (Phi) is 3.53. The number of hydrogen-bond donors (Lipinski definition) is 0. The average Bonchev–Trinajstić information content (AvgIpc) is 3.17. The molecular weight excluding hydrogens is 306 g/mol. The molecule has 4 aromatic rings. The fraction of sp³-hybridized carbons (Fsp3) is 0.235. The van der Waals surface area contributed by atoms with E-state index in [9.17, 15) is 0 Å². The first-order chi connectivity index (χ1) is 11.2. The van der Waals surface area contributed by atoms with Crippen LogP contribution in [0.3, 0.4) is 0 Å². The number of nitrogens with zero attached hydrogens (tertiary/aromatic N) is 5. The van der Waals surface area contributed by atoms with E-state index >= 15 is 0 Å². The van der Waals surface area contributed by atoms with E-state index in [1.807, 2.05) is 27.5 Å². The number of fused-ring (bicyclic) bond motifs is 2. The van der Waals surface area contributed by atoms with E-state index in [0.717, 1.165) is 22.9 Å². The van der Waals surface area contributed by atoms with Crippen molar-refractivity contribution in [2.75, 3.05) is 0 Å². The molecule has 23 heavy (non-hydrogen) atoms. The van der Waals surface area contributed by atoms with Crippen molar-refractivity contribution in [3.05, 3.63) is 60.4 Å². The van der Waals surface area contributed by atoms with Gasteiger partial charge in [-0.2, -0.15) is 5.10 Å². The molecule has 0 aliphatic rings. The van der Waals surface area contributed by atoms with Crippen molar-refractivity contribution in [3.8, 4) is 0 Å². The van der Waals surface area contributed by atoms with Gasteiger partial charge in [-0.05, 0) is 35.7 Å². The van der Waals surface area contributed by atoms with E-state index in [-0.39, 0.29) is 0 Å². The highest BCUT2D eigenvalue weighted by Crippen LogP contribution is 2.23. The molecule has 0 radical (unpaired) electrons. The lowest BCUT2D eigenvalue weighted by Gasteiger charge is -2.03. The maximum Gasteiger partial charge on any atom is 0.161 e. The summed E-state index contributed by atoms with van der Waals surface area (Å²) in [5, 5.41) is 4.54. The Bertz CT molecular complexity index is 969. The normalized spacial score (nSPS) is 11.8. The first kappa shape index (κ1) is 14.3. The van der Waals surface area contributed by atoms with E-state index in [4.69, 9.17) is 0 Å². The van der Waals surface area contributed by atoms with Crippen LogP contribution in [0.4, 0.5) is 0 Å². The van der Waals surface area contributed by atoms with E-state index in [1.54, 1.807) is 18.0 Å². The number of pyridine rings is 2. The van der Waals surface area contributed by atoms with Crippen molar-refractivity contribution in [2.24, 2.45) is 0 Å². The molecule has 0 saturated heterocycles. The van der Waals surface area contributed by atoms with Crippen LogP contribution in [0.1, 0.15) is 31.2 Å². The largest absolute Gasteiger partial charge is 0.307 e. The van der Waals surface area contributed by atoms with Gasteiger partial charge < -0.3 is 4.40 Å². The van der Waals surface area contributed by atoms with Gasteiger partial charge in [0.25, 0.3) is 0 Å². The molecule has 0 amide bonds. The fourth-order valence-corrected chi connectivity index (χ4v) is 3.26. The van der Waals surface area contributed by atoms with Gasteiger partial charge in [0, 0.05) is 29.7 Å². The molecule has 4 rings (SSSR count). The smallest absolute Gasteiger partial charge is 0.161 e. The molecule has 0 aliphatic heterocycles.